The van der Waals surface area contributed by atoms with Crippen LogP contribution < -0.4 is 42.4 Å². The van der Waals surface area contributed by atoms with Gasteiger partial charge in [0, 0.05) is 0 Å². The van der Waals surface area contributed by atoms with Crippen molar-refractivity contribution in [2.24, 2.45) is 0 Å². The molecule has 9 aromatic carbocycles. The first-order valence-corrected chi connectivity index (χ1v) is 25.4. The molecule has 0 amide bonds. The van der Waals surface area contributed by atoms with Crippen molar-refractivity contribution >= 4 is 78.8 Å². The fourth-order valence-electron chi connectivity index (χ4n) is 10.0. The van der Waals surface area contributed by atoms with Crippen LogP contribution in [0.3, 0.4) is 0 Å². The van der Waals surface area contributed by atoms with Gasteiger partial charge >= 0.3 is 363 Å². The minimum absolute atomic E-state index is 0.0592. The van der Waals surface area contributed by atoms with Crippen molar-refractivity contribution in [1.82, 2.24) is 4.57 Å². The molecule has 0 aliphatic heterocycles. The van der Waals surface area contributed by atoms with Crippen LogP contribution in [0.5, 0.6) is 0 Å². The monoisotopic (exact) mass is 823 g/mol. The Labute approximate surface area is 361 Å². The molecule has 0 bridgehead atoms. The van der Waals surface area contributed by atoms with E-state index >= 15 is 0 Å². The van der Waals surface area contributed by atoms with E-state index < -0.39 is 14.5 Å². The Bertz CT molecular complexity index is 2690. The van der Waals surface area contributed by atoms with E-state index in [1.165, 1.54) is 75.5 Å². The predicted molar refractivity (Wildman–Crippen MR) is 272 cm³/mol. The van der Waals surface area contributed by atoms with Crippen LogP contribution in [0, 0.1) is 0 Å². The predicted octanol–water partition coefficient (Wildman–Crippen LogP) is 10.8. The summed E-state index contributed by atoms with van der Waals surface area (Å²) in [6.45, 7) is 6.86. The molecule has 0 N–H and O–H groups in total. The summed E-state index contributed by atoms with van der Waals surface area (Å²) in [6, 6.07) is 91.7. The van der Waals surface area contributed by atoms with E-state index in [1.807, 2.05) is 0 Å². The van der Waals surface area contributed by atoms with Crippen molar-refractivity contribution in [1.29, 1.82) is 0 Å². The number of aromatic nitrogens is 1. The van der Waals surface area contributed by atoms with Gasteiger partial charge in [0.25, 0.3) is 0 Å². The van der Waals surface area contributed by atoms with Crippen molar-refractivity contribution in [3.8, 4) is 5.69 Å². The van der Waals surface area contributed by atoms with Gasteiger partial charge in [-0.15, -0.1) is 0 Å². The Morgan fingerprint density at radius 1 is 0.295 bits per heavy atom. The van der Waals surface area contributed by atoms with Gasteiger partial charge < -0.3 is 0 Å². The molecule has 1 aromatic heterocycles. The average Bonchev–Trinajstić information content (AvgIpc) is 3.65. The van der Waals surface area contributed by atoms with Gasteiger partial charge in [0.2, 0.25) is 0 Å². The SMILES string of the molecule is CC(C)(C)c1ccc(-n2c3ccc([PH](c4ccccc4)(c4ccccc4)c4ccccc4)cc3c3cc([PH](c4ccccc4)(c4ccccc4)c4ccccc4)ccc32)cc1. The molecule has 61 heavy (non-hydrogen) atoms. The van der Waals surface area contributed by atoms with E-state index in [-0.39, 0.29) is 5.41 Å². The molecule has 0 aliphatic rings. The average molecular weight is 824 g/mol. The first-order valence-electron chi connectivity index (χ1n) is 21.4. The first kappa shape index (κ1) is 38.8. The Hall–Kier alpha value is -6.36. The number of fused-ring (bicyclic) bond motifs is 3. The zero-order chi connectivity index (χ0) is 41.4. The second kappa shape index (κ2) is 15.9. The summed E-state index contributed by atoms with van der Waals surface area (Å²) in [5.74, 6) is 0. The molecule has 1 nitrogen and oxygen atoms in total. The molecule has 10 rings (SSSR count). The molecule has 0 atom stereocenters. The second-order valence-corrected chi connectivity index (χ2v) is 24.9. The Kier molecular flexibility index (Phi) is 10.1. The van der Waals surface area contributed by atoms with Gasteiger partial charge in [-0.2, -0.15) is 0 Å². The molecule has 0 fully saturated rings. The molecule has 0 unspecified atom stereocenters. The number of hydrogen-bond donors (Lipinski definition) is 0. The molecule has 0 saturated heterocycles. The van der Waals surface area contributed by atoms with E-state index in [9.17, 15) is 0 Å². The number of benzene rings is 9. The van der Waals surface area contributed by atoms with Crippen molar-refractivity contribution in [2.45, 2.75) is 26.2 Å². The summed E-state index contributed by atoms with van der Waals surface area (Å²) in [7, 11) is -5.62. The number of rotatable bonds is 9. The number of nitrogens with zero attached hydrogens (tertiary/aromatic N) is 1. The summed E-state index contributed by atoms with van der Waals surface area (Å²) in [6.07, 6.45) is 0. The second-order valence-electron chi connectivity index (χ2n) is 17.3. The standard InChI is InChI=1S/C58H51NP2/c1-58(2,3)44-34-36-45(37-35-44)59-56-40-38-52(60(46-22-10-4-11-23-46,47-24-12-5-13-25-47)48-26-14-6-15-27-48)42-54(56)55-43-53(39-41-57(55)59)61(49-28-16-7-17-29-49,50-30-18-8-19-31-50)51-32-20-9-21-33-51/h4-43,60-61H,1-3H3. The third-order valence-corrected chi connectivity index (χ3v) is 22.4. The van der Waals surface area contributed by atoms with E-state index in [4.69, 9.17) is 0 Å². The Balaban J connectivity index is 1.33. The van der Waals surface area contributed by atoms with E-state index in [0.717, 1.165) is 0 Å². The van der Waals surface area contributed by atoms with Crippen molar-refractivity contribution in [2.75, 3.05) is 0 Å². The molecule has 0 spiro atoms. The molecule has 10 aromatic rings. The summed E-state index contributed by atoms with van der Waals surface area (Å²) in [4.78, 5) is 0. The normalized spacial score (nSPS) is 12.7. The van der Waals surface area contributed by atoms with Crippen LogP contribution in [-0.4, -0.2) is 4.57 Å². The quantitative estimate of drug-likeness (QED) is 0.128. The molecule has 0 aliphatic carbocycles. The van der Waals surface area contributed by atoms with Gasteiger partial charge in [0.1, 0.15) is 0 Å². The molecule has 0 radical (unpaired) electrons. The molecule has 1 heterocycles. The van der Waals surface area contributed by atoms with Gasteiger partial charge in [0.15, 0.2) is 0 Å². The van der Waals surface area contributed by atoms with E-state index in [0.29, 0.717) is 0 Å². The van der Waals surface area contributed by atoms with E-state index in [2.05, 4.69) is 268 Å². The minimum atomic E-state index is -2.81. The zero-order valence-corrected chi connectivity index (χ0v) is 37.0. The molecule has 3 heteroatoms. The fraction of sp³-hybridized carbons (Fsp3) is 0.0690. The number of hydrogen-bond acceptors (Lipinski definition) is 0. The molecule has 298 valence electrons. The van der Waals surface area contributed by atoms with Gasteiger partial charge in [-0.25, -0.2) is 0 Å². The van der Waals surface area contributed by atoms with Crippen LogP contribution in [0.25, 0.3) is 27.5 Å². The van der Waals surface area contributed by atoms with Gasteiger partial charge in [-0.1, -0.05) is 0 Å². The maximum atomic E-state index is 2.57. The summed E-state index contributed by atoms with van der Waals surface area (Å²) in [5, 5.41) is 13.5. The van der Waals surface area contributed by atoms with Crippen LogP contribution in [0.4, 0.5) is 0 Å². The van der Waals surface area contributed by atoms with Crippen molar-refractivity contribution < 1.29 is 0 Å². The topological polar surface area (TPSA) is 4.93 Å². The Morgan fingerprint density at radius 3 is 0.836 bits per heavy atom. The van der Waals surface area contributed by atoms with Crippen LogP contribution in [0.15, 0.2) is 243 Å². The van der Waals surface area contributed by atoms with Gasteiger partial charge in [-0.05, 0) is 0 Å². The third-order valence-electron chi connectivity index (χ3n) is 12.9. The molecule has 0 saturated carbocycles. The van der Waals surface area contributed by atoms with Crippen molar-refractivity contribution in [3.63, 3.8) is 0 Å². The summed E-state index contributed by atoms with van der Waals surface area (Å²) < 4.78 is 2.50. The molecular weight excluding hydrogens is 773 g/mol. The van der Waals surface area contributed by atoms with Gasteiger partial charge in [0.05, 0.1) is 0 Å². The first-order chi connectivity index (χ1) is 29.9. The molecular formula is C58H51NP2. The zero-order valence-electron chi connectivity index (χ0n) is 35.0. The fourth-order valence-corrected chi connectivity index (χ4v) is 19.6. The Morgan fingerprint density at radius 2 is 0.574 bits per heavy atom. The van der Waals surface area contributed by atoms with Crippen LogP contribution in [-0.2, 0) is 5.41 Å². The summed E-state index contributed by atoms with van der Waals surface area (Å²) >= 11 is 0. The van der Waals surface area contributed by atoms with Crippen LogP contribution >= 0.6 is 14.5 Å². The van der Waals surface area contributed by atoms with Gasteiger partial charge in [-0.3, -0.25) is 0 Å². The third kappa shape index (κ3) is 6.56. The maximum absolute atomic E-state index is 2.81. The van der Waals surface area contributed by atoms with Crippen molar-refractivity contribution in [3.05, 3.63) is 248 Å². The summed E-state index contributed by atoms with van der Waals surface area (Å²) in [5.41, 5.74) is 4.98. The van der Waals surface area contributed by atoms with Crippen LogP contribution in [0.1, 0.15) is 26.3 Å². The van der Waals surface area contributed by atoms with E-state index in [1.54, 1.807) is 0 Å². The van der Waals surface area contributed by atoms with Crippen LogP contribution in [0.2, 0.25) is 0 Å².